The number of benzene rings is 2. The molecule has 0 spiro atoms. The second-order valence-electron chi connectivity index (χ2n) is 5.32. The first-order valence-corrected chi connectivity index (χ1v) is 9.00. The molecule has 2 aromatic rings. The standard InChI is InChI=1S/C19H21NO3S/c1-4-14-5-9-16(10-6-14)20-18(21)13(2)23-19(22)15-7-11-17(24-3)12-8-15/h5-13H,4H2,1-3H3,(H,20,21)/t13-/m1/s1. The smallest absolute Gasteiger partial charge is 0.338 e. The molecular weight excluding hydrogens is 322 g/mol. The lowest BCUT2D eigenvalue weighted by Crippen LogP contribution is -2.30. The average Bonchev–Trinajstić information content (AvgIpc) is 2.62. The highest BCUT2D eigenvalue weighted by atomic mass is 32.2. The highest BCUT2D eigenvalue weighted by Crippen LogP contribution is 2.16. The van der Waals surface area contributed by atoms with Gasteiger partial charge in [0, 0.05) is 10.6 Å². The van der Waals surface area contributed by atoms with Crippen molar-refractivity contribution in [2.75, 3.05) is 11.6 Å². The summed E-state index contributed by atoms with van der Waals surface area (Å²) in [5.41, 5.74) is 2.31. The van der Waals surface area contributed by atoms with E-state index < -0.39 is 12.1 Å². The highest BCUT2D eigenvalue weighted by molar-refractivity contribution is 7.98. The van der Waals surface area contributed by atoms with Gasteiger partial charge in [0.15, 0.2) is 6.10 Å². The Bertz CT molecular complexity index is 696. The molecular formula is C19H21NO3S. The van der Waals surface area contributed by atoms with Crippen LogP contribution in [0, 0.1) is 0 Å². The molecule has 0 radical (unpaired) electrons. The second kappa shape index (κ2) is 8.55. The Labute approximate surface area is 146 Å². The summed E-state index contributed by atoms with van der Waals surface area (Å²) in [6, 6.07) is 14.7. The van der Waals surface area contributed by atoms with E-state index in [1.165, 1.54) is 5.56 Å². The Morgan fingerprint density at radius 1 is 1.08 bits per heavy atom. The number of thioether (sulfide) groups is 1. The van der Waals surface area contributed by atoms with Crippen LogP contribution in [0.15, 0.2) is 53.4 Å². The molecule has 24 heavy (non-hydrogen) atoms. The molecule has 2 aromatic carbocycles. The Hall–Kier alpha value is -2.27. The highest BCUT2D eigenvalue weighted by Gasteiger charge is 2.19. The predicted molar refractivity (Wildman–Crippen MR) is 97.6 cm³/mol. The quantitative estimate of drug-likeness (QED) is 0.632. The van der Waals surface area contributed by atoms with Crippen molar-refractivity contribution in [1.82, 2.24) is 0 Å². The normalized spacial score (nSPS) is 11.6. The van der Waals surface area contributed by atoms with Gasteiger partial charge in [-0.05, 0) is 61.6 Å². The van der Waals surface area contributed by atoms with E-state index >= 15 is 0 Å². The third kappa shape index (κ3) is 4.86. The van der Waals surface area contributed by atoms with Crippen molar-refractivity contribution >= 4 is 29.3 Å². The van der Waals surface area contributed by atoms with Crippen molar-refractivity contribution in [3.63, 3.8) is 0 Å². The number of nitrogens with one attached hydrogen (secondary N) is 1. The summed E-state index contributed by atoms with van der Waals surface area (Å²) in [5, 5.41) is 2.75. The van der Waals surface area contributed by atoms with E-state index in [2.05, 4.69) is 12.2 Å². The van der Waals surface area contributed by atoms with Crippen molar-refractivity contribution in [2.24, 2.45) is 0 Å². The fourth-order valence-corrected chi connectivity index (χ4v) is 2.49. The van der Waals surface area contributed by atoms with Crippen molar-refractivity contribution in [3.05, 3.63) is 59.7 Å². The van der Waals surface area contributed by atoms with E-state index in [-0.39, 0.29) is 5.91 Å². The lowest BCUT2D eigenvalue weighted by atomic mass is 10.1. The van der Waals surface area contributed by atoms with Crippen LogP contribution in [0.25, 0.3) is 0 Å². The molecule has 0 saturated carbocycles. The van der Waals surface area contributed by atoms with Crippen molar-refractivity contribution in [2.45, 2.75) is 31.3 Å². The Balaban J connectivity index is 1.93. The van der Waals surface area contributed by atoms with E-state index in [0.717, 1.165) is 11.3 Å². The van der Waals surface area contributed by atoms with Crippen LogP contribution in [0.2, 0.25) is 0 Å². The topological polar surface area (TPSA) is 55.4 Å². The average molecular weight is 343 g/mol. The molecule has 0 saturated heterocycles. The minimum atomic E-state index is -0.872. The molecule has 0 heterocycles. The molecule has 0 aliphatic carbocycles. The van der Waals surface area contributed by atoms with Crippen LogP contribution in [0.5, 0.6) is 0 Å². The number of hydrogen-bond acceptors (Lipinski definition) is 4. The van der Waals surface area contributed by atoms with Crippen LogP contribution < -0.4 is 5.32 Å². The monoisotopic (exact) mass is 343 g/mol. The minimum Gasteiger partial charge on any atom is -0.449 e. The zero-order chi connectivity index (χ0) is 17.5. The Morgan fingerprint density at radius 2 is 1.71 bits per heavy atom. The molecule has 126 valence electrons. The van der Waals surface area contributed by atoms with Gasteiger partial charge in [0.05, 0.1) is 5.56 Å². The SMILES string of the molecule is CCc1ccc(NC(=O)[C@@H](C)OC(=O)c2ccc(SC)cc2)cc1. The molecule has 0 bridgehead atoms. The number of aryl methyl sites for hydroxylation is 1. The Kier molecular flexibility index (Phi) is 6.44. The number of hydrogen-bond donors (Lipinski definition) is 1. The zero-order valence-corrected chi connectivity index (χ0v) is 14.9. The third-order valence-electron chi connectivity index (χ3n) is 3.61. The second-order valence-corrected chi connectivity index (χ2v) is 6.20. The number of ether oxygens (including phenoxy) is 1. The van der Waals surface area contributed by atoms with Gasteiger partial charge in [-0.3, -0.25) is 4.79 Å². The van der Waals surface area contributed by atoms with Gasteiger partial charge in [-0.1, -0.05) is 19.1 Å². The van der Waals surface area contributed by atoms with E-state index in [1.54, 1.807) is 30.8 Å². The van der Waals surface area contributed by atoms with Crippen LogP contribution in [0.1, 0.15) is 29.8 Å². The largest absolute Gasteiger partial charge is 0.449 e. The van der Waals surface area contributed by atoms with Gasteiger partial charge in [0.25, 0.3) is 5.91 Å². The van der Waals surface area contributed by atoms with Crippen molar-refractivity contribution < 1.29 is 14.3 Å². The first-order chi connectivity index (χ1) is 11.5. The third-order valence-corrected chi connectivity index (χ3v) is 4.35. The van der Waals surface area contributed by atoms with Gasteiger partial charge >= 0.3 is 5.97 Å². The first kappa shape index (κ1) is 18.1. The summed E-state index contributed by atoms with van der Waals surface area (Å²) in [4.78, 5) is 25.3. The molecule has 0 aromatic heterocycles. The summed E-state index contributed by atoms with van der Waals surface area (Å²) in [5.74, 6) is -0.861. The van der Waals surface area contributed by atoms with Crippen LogP contribution in [-0.4, -0.2) is 24.2 Å². The summed E-state index contributed by atoms with van der Waals surface area (Å²) in [6.07, 6.45) is 2.04. The number of carbonyl (C=O) groups is 2. The lowest BCUT2D eigenvalue weighted by Gasteiger charge is -2.14. The number of anilines is 1. The summed E-state index contributed by atoms with van der Waals surface area (Å²) in [6.45, 7) is 3.63. The number of esters is 1. The maximum absolute atomic E-state index is 12.1. The van der Waals surface area contributed by atoms with Gasteiger partial charge in [-0.2, -0.15) is 0 Å². The fraction of sp³-hybridized carbons (Fsp3) is 0.263. The first-order valence-electron chi connectivity index (χ1n) is 7.78. The molecule has 1 atom stereocenters. The maximum atomic E-state index is 12.1. The lowest BCUT2D eigenvalue weighted by molar-refractivity contribution is -0.123. The summed E-state index contributed by atoms with van der Waals surface area (Å²) < 4.78 is 5.23. The van der Waals surface area contributed by atoms with E-state index in [0.29, 0.717) is 11.3 Å². The van der Waals surface area contributed by atoms with Crippen LogP contribution in [0.4, 0.5) is 5.69 Å². The zero-order valence-electron chi connectivity index (χ0n) is 14.0. The van der Waals surface area contributed by atoms with Crippen molar-refractivity contribution in [1.29, 1.82) is 0 Å². The number of carbonyl (C=O) groups excluding carboxylic acids is 2. The molecule has 1 N–H and O–H groups in total. The molecule has 5 heteroatoms. The number of rotatable bonds is 6. The summed E-state index contributed by atoms with van der Waals surface area (Å²) >= 11 is 1.60. The number of amides is 1. The van der Waals surface area contributed by atoms with E-state index in [9.17, 15) is 9.59 Å². The van der Waals surface area contributed by atoms with E-state index in [1.807, 2.05) is 42.7 Å². The van der Waals surface area contributed by atoms with Gasteiger partial charge in [0.1, 0.15) is 0 Å². The van der Waals surface area contributed by atoms with Gasteiger partial charge in [-0.15, -0.1) is 11.8 Å². The predicted octanol–water partition coefficient (Wildman–Crippen LogP) is 4.15. The fourth-order valence-electron chi connectivity index (χ4n) is 2.08. The molecule has 2 rings (SSSR count). The van der Waals surface area contributed by atoms with E-state index in [4.69, 9.17) is 4.74 Å². The molecule has 0 aliphatic heterocycles. The summed E-state index contributed by atoms with van der Waals surface area (Å²) in [7, 11) is 0. The van der Waals surface area contributed by atoms with Gasteiger partial charge in [0.2, 0.25) is 0 Å². The van der Waals surface area contributed by atoms with Gasteiger partial charge in [-0.25, -0.2) is 4.79 Å². The minimum absolute atomic E-state index is 0.353. The molecule has 4 nitrogen and oxygen atoms in total. The Morgan fingerprint density at radius 3 is 2.25 bits per heavy atom. The molecule has 1 amide bonds. The van der Waals surface area contributed by atoms with Crippen LogP contribution in [0.3, 0.4) is 0 Å². The maximum Gasteiger partial charge on any atom is 0.338 e. The van der Waals surface area contributed by atoms with Crippen LogP contribution in [-0.2, 0) is 16.0 Å². The van der Waals surface area contributed by atoms with Crippen LogP contribution >= 0.6 is 11.8 Å². The van der Waals surface area contributed by atoms with Gasteiger partial charge < -0.3 is 10.1 Å². The molecule has 0 fully saturated rings. The molecule has 0 aliphatic rings. The molecule has 0 unspecified atom stereocenters. The van der Waals surface area contributed by atoms with Crippen molar-refractivity contribution in [3.8, 4) is 0 Å².